The molecule has 0 unspecified atom stereocenters. The normalized spacial score (nSPS) is 37.2. The number of carbonyl (C=O) groups is 3. The summed E-state index contributed by atoms with van der Waals surface area (Å²) in [6, 6.07) is 0. The lowest BCUT2D eigenvalue weighted by atomic mass is 9.49. The van der Waals surface area contributed by atoms with Gasteiger partial charge in [0.05, 0.1) is 12.5 Å². The lowest BCUT2D eigenvalue weighted by molar-refractivity contribution is -0.170. The van der Waals surface area contributed by atoms with Crippen LogP contribution in [-0.4, -0.2) is 40.1 Å². The van der Waals surface area contributed by atoms with Crippen LogP contribution in [0.15, 0.2) is 23.8 Å². The zero-order chi connectivity index (χ0) is 22.8. The van der Waals surface area contributed by atoms with Crippen molar-refractivity contribution < 1.29 is 29.3 Å². The molecule has 2 rings (SSSR count). The van der Waals surface area contributed by atoms with Crippen LogP contribution in [0.5, 0.6) is 0 Å². The number of hydrogen-bond donors (Lipinski definition) is 2. The molecule has 2 aliphatic carbocycles. The summed E-state index contributed by atoms with van der Waals surface area (Å²) in [5.41, 5.74) is -0.191. The second-order valence-electron chi connectivity index (χ2n) is 9.48. The summed E-state index contributed by atoms with van der Waals surface area (Å²) in [5, 5.41) is 19.9. The highest BCUT2D eigenvalue weighted by atomic mass is 16.6. The quantitative estimate of drug-likeness (QED) is 0.369. The van der Waals surface area contributed by atoms with E-state index in [0.29, 0.717) is 17.9 Å². The number of carbonyl (C=O) groups excluding carboxylic acids is 2. The van der Waals surface area contributed by atoms with Gasteiger partial charge in [-0.25, -0.2) is 4.79 Å². The number of Topliss-reactive ketones (excluding diaryl/α,β-unsaturated/α-hetero) is 1. The lowest BCUT2D eigenvalue weighted by Crippen LogP contribution is -2.58. The summed E-state index contributed by atoms with van der Waals surface area (Å²) < 4.78 is 5.52. The van der Waals surface area contributed by atoms with Crippen molar-refractivity contribution in [2.75, 3.05) is 0 Å². The molecule has 0 heterocycles. The molecule has 0 radical (unpaired) electrons. The van der Waals surface area contributed by atoms with Crippen LogP contribution < -0.4 is 0 Å². The Kier molecular flexibility index (Phi) is 7.67. The van der Waals surface area contributed by atoms with Crippen LogP contribution in [0.3, 0.4) is 0 Å². The maximum atomic E-state index is 12.9. The molecule has 1 fully saturated rings. The lowest BCUT2D eigenvalue weighted by Gasteiger charge is -2.55. The van der Waals surface area contributed by atoms with E-state index in [-0.39, 0.29) is 35.9 Å². The highest BCUT2D eigenvalue weighted by Gasteiger charge is 2.57. The minimum Gasteiger partial charge on any atom is -0.481 e. The third-order valence-electron chi connectivity index (χ3n) is 7.41. The standard InChI is InChI=1S/C24H36O6/c1-7-14(3)18-9-8-17-22(24(18,6)16(5)25)15(4)12-19(23(17)29)30-21(28)11-13(2)10-20(26)27/h8-9,11,14-15,17-19,22-23,29H,7,10,12H2,1-6H3,(H,26,27)/b13-11+/t14-,15-,17-,18-,19-,22+,23+,24+/m1/s1. The van der Waals surface area contributed by atoms with Crippen LogP contribution in [0.1, 0.15) is 60.8 Å². The van der Waals surface area contributed by atoms with E-state index in [9.17, 15) is 19.5 Å². The van der Waals surface area contributed by atoms with Gasteiger partial charge in [-0.15, -0.1) is 0 Å². The van der Waals surface area contributed by atoms with E-state index in [4.69, 9.17) is 9.84 Å². The Balaban J connectivity index is 2.28. The van der Waals surface area contributed by atoms with E-state index in [1.807, 2.05) is 13.0 Å². The molecule has 0 aromatic heterocycles. The second-order valence-corrected chi connectivity index (χ2v) is 9.48. The van der Waals surface area contributed by atoms with E-state index in [2.05, 4.69) is 26.8 Å². The van der Waals surface area contributed by atoms with Gasteiger partial charge in [-0.3, -0.25) is 9.59 Å². The van der Waals surface area contributed by atoms with Crippen molar-refractivity contribution in [3.8, 4) is 0 Å². The molecule has 6 heteroatoms. The van der Waals surface area contributed by atoms with E-state index in [1.54, 1.807) is 13.8 Å². The second kappa shape index (κ2) is 9.46. The third kappa shape index (κ3) is 4.69. The number of aliphatic hydroxyl groups excluding tert-OH is 1. The van der Waals surface area contributed by atoms with Crippen molar-refractivity contribution >= 4 is 17.7 Å². The molecule has 0 aromatic carbocycles. The van der Waals surface area contributed by atoms with Gasteiger partial charge in [0.1, 0.15) is 11.9 Å². The van der Waals surface area contributed by atoms with Crippen LogP contribution in [0.2, 0.25) is 0 Å². The minimum atomic E-state index is -1.02. The number of carboxylic acids is 1. The van der Waals surface area contributed by atoms with E-state index in [1.165, 1.54) is 6.08 Å². The molecule has 2 N–H and O–H groups in total. The first-order chi connectivity index (χ1) is 13.9. The van der Waals surface area contributed by atoms with Gasteiger partial charge < -0.3 is 14.9 Å². The average Bonchev–Trinajstić information content (AvgIpc) is 2.63. The fraction of sp³-hybridized carbons (Fsp3) is 0.708. The zero-order valence-corrected chi connectivity index (χ0v) is 18.9. The van der Waals surface area contributed by atoms with E-state index in [0.717, 1.165) is 6.42 Å². The average molecular weight is 421 g/mol. The number of rotatable bonds is 7. The highest BCUT2D eigenvalue weighted by molar-refractivity contribution is 5.84. The maximum Gasteiger partial charge on any atom is 0.331 e. The Bertz CT molecular complexity index is 738. The SMILES string of the molecule is CC[C@@H](C)[C@H]1C=C[C@H]2[C@H](O)[C@H](OC(=O)/C=C(\C)CC(=O)O)C[C@@H](C)[C@@H]2[C@@]1(C)C(C)=O. The number of aliphatic hydroxyl groups is 1. The molecule has 2 aliphatic rings. The number of ether oxygens (including phenoxy) is 1. The van der Waals surface area contributed by atoms with Crippen LogP contribution in [0, 0.1) is 35.0 Å². The van der Waals surface area contributed by atoms with Crippen molar-refractivity contribution in [3.05, 3.63) is 23.8 Å². The van der Waals surface area contributed by atoms with Crippen LogP contribution >= 0.6 is 0 Å². The molecule has 168 valence electrons. The smallest absolute Gasteiger partial charge is 0.331 e. The Morgan fingerprint density at radius 3 is 2.43 bits per heavy atom. The first-order valence-corrected chi connectivity index (χ1v) is 10.9. The summed E-state index contributed by atoms with van der Waals surface area (Å²) >= 11 is 0. The van der Waals surface area contributed by atoms with Gasteiger partial charge in [0.25, 0.3) is 0 Å². The van der Waals surface area contributed by atoms with Crippen molar-refractivity contribution in [1.82, 2.24) is 0 Å². The monoisotopic (exact) mass is 420 g/mol. The molecule has 0 saturated heterocycles. The Morgan fingerprint density at radius 2 is 1.90 bits per heavy atom. The van der Waals surface area contributed by atoms with E-state index >= 15 is 0 Å². The van der Waals surface area contributed by atoms with Gasteiger partial charge in [0, 0.05) is 17.4 Å². The van der Waals surface area contributed by atoms with Crippen molar-refractivity contribution in [3.63, 3.8) is 0 Å². The number of hydrogen-bond acceptors (Lipinski definition) is 5. The zero-order valence-electron chi connectivity index (χ0n) is 18.9. The summed E-state index contributed by atoms with van der Waals surface area (Å²) in [5.74, 6) is -1.31. The predicted molar refractivity (Wildman–Crippen MR) is 114 cm³/mol. The van der Waals surface area contributed by atoms with Gasteiger partial charge in [0.2, 0.25) is 0 Å². The van der Waals surface area contributed by atoms with Gasteiger partial charge >= 0.3 is 11.9 Å². The summed E-state index contributed by atoms with van der Waals surface area (Å²) in [6.45, 7) is 11.6. The number of ketones is 1. The molecule has 8 atom stereocenters. The summed E-state index contributed by atoms with van der Waals surface area (Å²) in [7, 11) is 0. The van der Waals surface area contributed by atoms with Crippen LogP contribution in [-0.2, 0) is 19.1 Å². The van der Waals surface area contributed by atoms with Crippen molar-refractivity contribution in [2.45, 2.75) is 73.0 Å². The molecule has 0 aliphatic heterocycles. The maximum absolute atomic E-state index is 12.9. The molecular weight excluding hydrogens is 384 g/mol. The largest absolute Gasteiger partial charge is 0.481 e. The molecule has 1 saturated carbocycles. The first-order valence-electron chi connectivity index (χ1n) is 10.9. The Morgan fingerprint density at radius 1 is 1.27 bits per heavy atom. The van der Waals surface area contributed by atoms with Gasteiger partial charge in [-0.05, 0) is 43.9 Å². The summed E-state index contributed by atoms with van der Waals surface area (Å²) in [4.78, 5) is 35.9. The van der Waals surface area contributed by atoms with Crippen LogP contribution in [0.4, 0.5) is 0 Å². The fourth-order valence-electron chi connectivity index (χ4n) is 5.68. The highest BCUT2D eigenvalue weighted by Crippen LogP contribution is 2.55. The molecule has 0 spiro atoms. The topological polar surface area (TPSA) is 101 Å². The molecule has 0 bridgehead atoms. The predicted octanol–water partition coefficient (Wildman–Crippen LogP) is 3.78. The number of esters is 1. The van der Waals surface area contributed by atoms with Crippen molar-refractivity contribution in [2.24, 2.45) is 35.0 Å². The molecular formula is C24H36O6. The molecule has 0 amide bonds. The van der Waals surface area contributed by atoms with Gasteiger partial charge in [0.15, 0.2) is 0 Å². The van der Waals surface area contributed by atoms with Gasteiger partial charge in [-0.1, -0.05) is 51.8 Å². The van der Waals surface area contributed by atoms with Crippen molar-refractivity contribution in [1.29, 1.82) is 0 Å². The molecule has 0 aromatic rings. The number of aliphatic carboxylic acids is 1. The Hall–Kier alpha value is -1.95. The minimum absolute atomic E-state index is 0.0340. The number of fused-ring (bicyclic) bond motifs is 1. The molecule has 6 nitrogen and oxygen atoms in total. The third-order valence-corrected chi connectivity index (χ3v) is 7.41. The van der Waals surface area contributed by atoms with E-state index < -0.39 is 29.6 Å². The molecule has 30 heavy (non-hydrogen) atoms. The first kappa shape index (κ1) is 24.3. The fourth-order valence-corrected chi connectivity index (χ4v) is 5.68. The van der Waals surface area contributed by atoms with Gasteiger partial charge in [-0.2, -0.15) is 0 Å². The summed E-state index contributed by atoms with van der Waals surface area (Å²) in [6.07, 6.45) is 4.86. The number of carboxylic acid groups (broad SMARTS) is 1. The van der Waals surface area contributed by atoms with Crippen LogP contribution in [0.25, 0.3) is 0 Å². The number of allylic oxidation sites excluding steroid dienone is 1. The Labute approximate surface area is 179 Å².